The van der Waals surface area contributed by atoms with E-state index in [1.165, 1.54) is 28.8 Å². The Bertz CT molecular complexity index is 1880. The maximum absolute atomic E-state index is 13.7. The van der Waals surface area contributed by atoms with Gasteiger partial charge in [-0.05, 0) is 47.5 Å². The molecule has 0 spiro atoms. The number of anilines is 1. The first kappa shape index (κ1) is 26.5. The Labute approximate surface area is 229 Å². The number of nitrogen functional groups attached to an aromatic ring is 1. The molecule has 40 heavy (non-hydrogen) atoms. The molecule has 0 aliphatic carbocycles. The van der Waals surface area contributed by atoms with Gasteiger partial charge in [-0.25, -0.2) is 13.6 Å². The van der Waals surface area contributed by atoms with E-state index in [9.17, 15) is 23.4 Å². The first-order valence-corrected chi connectivity index (χ1v) is 13.6. The number of phenols is 1. The zero-order chi connectivity index (χ0) is 28.6. The number of amides is 1. The summed E-state index contributed by atoms with van der Waals surface area (Å²) in [4.78, 5) is 13.7. The molecule has 11 heteroatoms. The molecule has 1 heterocycles. The maximum Gasteiger partial charge on any atom is 0.252 e. The van der Waals surface area contributed by atoms with Crippen molar-refractivity contribution in [1.29, 1.82) is 5.41 Å². The molecule has 8 N–H and O–H groups in total. The summed E-state index contributed by atoms with van der Waals surface area (Å²) in [6.07, 6.45) is 1.59. The van der Waals surface area contributed by atoms with Gasteiger partial charge in [-0.3, -0.25) is 10.2 Å². The van der Waals surface area contributed by atoms with E-state index in [0.717, 1.165) is 0 Å². The molecular formula is C29H25N5O5S. The lowest BCUT2D eigenvalue weighted by molar-refractivity contribution is -0.118. The molecule has 1 atom stereocenters. The van der Waals surface area contributed by atoms with Gasteiger partial charge in [0.2, 0.25) is 10.0 Å². The van der Waals surface area contributed by atoms with Crippen LogP contribution in [0.25, 0.3) is 21.9 Å². The average Bonchev–Trinajstić information content (AvgIpc) is 3.25. The molecule has 0 radical (unpaired) electrons. The number of aromatic nitrogens is 1. The quantitative estimate of drug-likeness (QED) is 0.101. The van der Waals surface area contributed by atoms with Crippen LogP contribution in [-0.2, 0) is 14.8 Å². The van der Waals surface area contributed by atoms with Gasteiger partial charge in [-0.1, -0.05) is 54.6 Å². The van der Waals surface area contributed by atoms with Crippen LogP contribution in [0.3, 0.4) is 0 Å². The number of aromatic hydroxyl groups is 2. The summed E-state index contributed by atoms with van der Waals surface area (Å²) in [6, 6.07) is 23.2. The van der Waals surface area contributed by atoms with E-state index in [0.29, 0.717) is 33.0 Å². The Morgan fingerprint density at radius 1 is 0.925 bits per heavy atom. The number of phenolic OH excluding ortho intramolecular Hbond substituents is 1. The normalized spacial score (nSPS) is 12.2. The number of nitrogens with one attached hydrogen (secondary N) is 2. The Balaban J connectivity index is 1.61. The fraction of sp³-hybridized carbons (Fsp3) is 0.0345. The van der Waals surface area contributed by atoms with Crippen molar-refractivity contribution < 1.29 is 23.4 Å². The number of sulfonamides is 1. The van der Waals surface area contributed by atoms with Crippen LogP contribution in [0.2, 0.25) is 0 Å². The molecule has 0 aliphatic heterocycles. The van der Waals surface area contributed by atoms with E-state index in [4.69, 9.17) is 16.3 Å². The predicted molar refractivity (Wildman–Crippen MR) is 153 cm³/mol. The fourth-order valence-electron chi connectivity index (χ4n) is 4.62. The lowest BCUT2D eigenvalue weighted by Crippen LogP contribution is -2.26. The summed E-state index contributed by atoms with van der Waals surface area (Å²) in [5.41, 5.74) is 7.44. The highest BCUT2D eigenvalue weighted by Crippen LogP contribution is 2.37. The van der Waals surface area contributed by atoms with Crippen molar-refractivity contribution in [2.45, 2.75) is 10.9 Å². The van der Waals surface area contributed by atoms with Gasteiger partial charge < -0.3 is 25.8 Å². The van der Waals surface area contributed by atoms with Crippen LogP contribution in [0.5, 0.6) is 11.6 Å². The number of rotatable bonds is 7. The van der Waals surface area contributed by atoms with E-state index >= 15 is 0 Å². The minimum absolute atomic E-state index is 0.0351. The minimum Gasteiger partial charge on any atom is -0.506 e. The Morgan fingerprint density at radius 2 is 1.62 bits per heavy atom. The molecule has 0 saturated carbocycles. The van der Waals surface area contributed by atoms with Crippen molar-refractivity contribution in [1.82, 2.24) is 4.57 Å². The Hall–Kier alpha value is -5.13. The molecule has 5 aromatic rings. The molecule has 0 fully saturated rings. The summed E-state index contributed by atoms with van der Waals surface area (Å²) in [6.45, 7) is 0. The van der Waals surface area contributed by atoms with Gasteiger partial charge in [0.25, 0.3) is 5.91 Å². The monoisotopic (exact) mass is 555 g/mol. The number of amidine groups is 1. The fourth-order valence-corrected chi connectivity index (χ4v) is 5.38. The van der Waals surface area contributed by atoms with E-state index in [-0.39, 0.29) is 28.0 Å². The second kappa shape index (κ2) is 10.2. The number of carbonyl (C=O) groups excluding carboxylic acids is 1. The number of hydrogen-bond donors (Lipinski definition) is 6. The number of primary sulfonamides is 1. The van der Waals surface area contributed by atoms with Crippen LogP contribution in [0.15, 0.2) is 102 Å². The summed E-state index contributed by atoms with van der Waals surface area (Å²) >= 11 is 0. The third kappa shape index (κ3) is 4.98. The maximum atomic E-state index is 13.7. The number of nitrogens with zero attached hydrogens (tertiary/aromatic N) is 1. The van der Waals surface area contributed by atoms with Crippen molar-refractivity contribution in [3.8, 4) is 22.8 Å². The number of benzene rings is 4. The number of nitrogens with two attached hydrogens (primary N) is 2. The number of fused-ring (bicyclic) bond motifs is 1. The Kier molecular flexibility index (Phi) is 6.76. The summed E-state index contributed by atoms with van der Waals surface area (Å²) in [7, 11) is -3.99. The first-order chi connectivity index (χ1) is 19.0. The van der Waals surface area contributed by atoms with Gasteiger partial charge >= 0.3 is 0 Å². The van der Waals surface area contributed by atoms with Crippen molar-refractivity contribution >= 4 is 38.2 Å². The zero-order valence-corrected chi connectivity index (χ0v) is 21.8. The molecular weight excluding hydrogens is 530 g/mol. The van der Waals surface area contributed by atoms with Crippen LogP contribution < -0.4 is 16.2 Å². The van der Waals surface area contributed by atoms with Gasteiger partial charge in [-0.2, -0.15) is 0 Å². The predicted octanol–water partition coefficient (Wildman–Crippen LogP) is 3.88. The lowest BCUT2D eigenvalue weighted by atomic mass is 10.0. The second-order valence-corrected chi connectivity index (χ2v) is 10.7. The smallest absolute Gasteiger partial charge is 0.252 e. The third-order valence-electron chi connectivity index (χ3n) is 6.53. The minimum atomic E-state index is -3.99. The van der Waals surface area contributed by atoms with Gasteiger partial charge in [0.05, 0.1) is 10.6 Å². The van der Waals surface area contributed by atoms with Gasteiger partial charge in [0.1, 0.15) is 17.6 Å². The summed E-state index contributed by atoms with van der Waals surface area (Å²) in [5.74, 6) is -1.21. The molecule has 0 bridgehead atoms. The van der Waals surface area contributed by atoms with Crippen molar-refractivity contribution in [3.05, 3.63) is 108 Å². The molecule has 0 saturated heterocycles. The van der Waals surface area contributed by atoms with Gasteiger partial charge in [0, 0.05) is 28.1 Å². The molecule has 1 unspecified atom stereocenters. The second-order valence-electron chi connectivity index (χ2n) is 9.15. The van der Waals surface area contributed by atoms with Crippen molar-refractivity contribution in [2.75, 3.05) is 5.32 Å². The van der Waals surface area contributed by atoms with Crippen molar-refractivity contribution in [2.24, 2.45) is 10.9 Å². The lowest BCUT2D eigenvalue weighted by Gasteiger charge is -2.20. The van der Waals surface area contributed by atoms with E-state index in [2.05, 4.69) is 5.32 Å². The average molecular weight is 556 g/mol. The number of hydrogen-bond acceptors (Lipinski definition) is 6. The third-order valence-corrected chi connectivity index (χ3v) is 7.50. The molecule has 5 rings (SSSR count). The topological polar surface area (TPSA) is 185 Å². The van der Waals surface area contributed by atoms with Crippen LogP contribution in [0, 0.1) is 5.41 Å². The molecule has 10 nitrogen and oxygen atoms in total. The Morgan fingerprint density at radius 3 is 2.33 bits per heavy atom. The number of carbonyl (C=O) groups is 1. The zero-order valence-electron chi connectivity index (χ0n) is 20.9. The van der Waals surface area contributed by atoms with Gasteiger partial charge in [-0.15, -0.1) is 0 Å². The van der Waals surface area contributed by atoms with Crippen LogP contribution in [0.4, 0.5) is 5.69 Å². The SMILES string of the molecule is N=C(N)c1ccc(O)c(NC(=O)C(c2ccccc2)n2cc3cc(-c4ccccc4S(N)(=O)=O)ccc3c2O)c1. The molecule has 202 valence electrons. The van der Waals surface area contributed by atoms with Crippen molar-refractivity contribution in [3.63, 3.8) is 0 Å². The molecule has 0 aliphatic rings. The highest BCUT2D eigenvalue weighted by molar-refractivity contribution is 7.89. The van der Waals surface area contributed by atoms with E-state index in [1.807, 2.05) is 0 Å². The largest absolute Gasteiger partial charge is 0.506 e. The summed E-state index contributed by atoms with van der Waals surface area (Å²) in [5, 5.41) is 38.3. The van der Waals surface area contributed by atoms with E-state index in [1.54, 1.807) is 72.9 Å². The molecule has 1 amide bonds. The van der Waals surface area contributed by atoms with Gasteiger partial charge in [0.15, 0.2) is 5.88 Å². The first-order valence-electron chi connectivity index (χ1n) is 12.0. The summed E-state index contributed by atoms with van der Waals surface area (Å²) < 4.78 is 25.7. The highest BCUT2D eigenvalue weighted by Gasteiger charge is 2.27. The molecule has 1 aromatic heterocycles. The van der Waals surface area contributed by atoms with E-state index < -0.39 is 22.0 Å². The standard InChI is InChI=1S/C29H25N5O5S/c30-27(31)19-11-13-24(35)23(15-19)33-28(36)26(17-6-2-1-3-7-17)34-16-20-14-18(10-12-22(20)29(34)37)21-8-4-5-9-25(21)40(32,38)39/h1-16,26,35,37H,(H3,30,31)(H,33,36)(H2,32,38,39). The van der Waals surface area contributed by atoms with Crippen LogP contribution >= 0.6 is 0 Å². The highest BCUT2D eigenvalue weighted by atomic mass is 32.2. The van der Waals surface area contributed by atoms with Crippen LogP contribution in [0.1, 0.15) is 17.2 Å². The van der Waals surface area contributed by atoms with Crippen LogP contribution in [-0.4, -0.2) is 34.9 Å². The molecule has 4 aromatic carbocycles.